The maximum atomic E-state index is 13.8. The zero-order chi connectivity index (χ0) is 24.5. The Hall–Kier alpha value is -3.62. The van der Waals surface area contributed by atoms with E-state index >= 15 is 0 Å². The molecule has 0 unspecified atom stereocenters. The molecule has 4 heterocycles. The molecule has 1 aromatic carbocycles. The van der Waals surface area contributed by atoms with Crippen LogP contribution in [0, 0.1) is 5.41 Å². The summed E-state index contributed by atoms with van der Waals surface area (Å²) in [4.78, 5) is 6.73. The summed E-state index contributed by atoms with van der Waals surface area (Å²) in [6.07, 6.45) is 6.24. The predicted molar refractivity (Wildman–Crippen MR) is 128 cm³/mol. The molecule has 184 valence electrons. The summed E-state index contributed by atoms with van der Waals surface area (Å²) in [5.74, 6) is 1.71. The molecule has 2 aliphatic carbocycles. The number of rotatable bonds is 4. The summed E-state index contributed by atoms with van der Waals surface area (Å²) >= 11 is 0. The Kier molecular flexibility index (Phi) is 4.62. The van der Waals surface area contributed by atoms with E-state index in [1.165, 1.54) is 12.1 Å². The van der Waals surface area contributed by atoms with E-state index in [9.17, 15) is 13.2 Å². The maximum absolute atomic E-state index is 13.8. The van der Waals surface area contributed by atoms with Crippen molar-refractivity contribution in [2.24, 2.45) is 5.41 Å². The van der Waals surface area contributed by atoms with E-state index in [-0.39, 0.29) is 16.9 Å². The number of nitrogens with zero attached hydrogens (tertiary/aromatic N) is 5. The number of allylic oxidation sites excluding steroid dienone is 2. The zero-order valence-corrected chi connectivity index (χ0v) is 19.5. The number of benzene rings is 1. The molecule has 0 bridgehead atoms. The smallest absolute Gasteiger partial charge is 0.360 e. The lowest BCUT2D eigenvalue weighted by Crippen LogP contribution is -2.43. The summed E-state index contributed by atoms with van der Waals surface area (Å²) in [5.41, 5.74) is 2.57. The second-order valence-corrected chi connectivity index (χ2v) is 10.2. The lowest BCUT2D eigenvalue weighted by molar-refractivity contribution is -0.137. The number of piperidine rings is 1. The zero-order valence-electron chi connectivity index (χ0n) is 19.5. The summed E-state index contributed by atoms with van der Waals surface area (Å²) in [7, 11) is 0. The third-order valence-corrected chi connectivity index (χ3v) is 7.81. The summed E-state index contributed by atoms with van der Waals surface area (Å²) < 4.78 is 48.9. The van der Waals surface area contributed by atoms with Gasteiger partial charge in [0.1, 0.15) is 11.5 Å². The van der Waals surface area contributed by atoms with Crippen LogP contribution < -0.4 is 4.90 Å². The van der Waals surface area contributed by atoms with Crippen LogP contribution >= 0.6 is 0 Å². The van der Waals surface area contributed by atoms with E-state index in [4.69, 9.17) is 4.52 Å². The Bertz CT molecular complexity index is 1490. The Morgan fingerprint density at radius 1 is 1.03 bits per heavy atom. The molecule has 1 aliphatic heterocycles. The van der Waals surface area contributed by atoms with Gasteiger partial charge in [0.15, 0.2) is 0 Å². The number of halogens is 3. The fourth-order valence-electron chi connectivity index (χ4n) is 5.68. The standard InChI is InChI=1S/C27H24F3N5O/c28-27(29,30)21-6-2-1-5-20(21)23-22(24(36-33-23)17-7-8-17)18-14-26(15-18)9-12-34(13-10-26)25-31-16-19-4-3-11-35(19)32-25/h1-6,11,14,16-17H,7-10,12-13,15H2. The second-order valence-electron chi connectivity index (χ2n) is 10.2. The first-order chi connectivity index (χ1) is 17.4. The number of aromatic nitrogens is 4. The lowest BCUT2D eigenvalue weighted by Gasteiger charge is -2.46. The third-order valence-electron chi connectivity index (χ3n) is 7.81. The average molecular weight is 492 g/mol. The van der Waals surface area contributed by atoms with Crippen molar-refractivity contribution in [1.82, 2.24) is 19.8 Å². The highest BCUT2D eigenvalue weighted by molar-refractivity contribution is 5.85. The molecule has 0 radical (unpaired) electrons. The molecule has 1 spiro atoms. The number of hydrogen-bond acceptors (Lipinski definition) is 5. The van der Waals surface area contributed by atoms with Gasteiger partial charge in [0.25, 0.3) is 0 Å². The summed E-state index contributed by atoms with van der Waals surface area (Å²) in [6.45, 7) is 1.67. The Morgan fingerprint density at radius 3 is 2.56 bits per heavy atom. The molecule has 3 aromatic heterocycles. The lowest BCUT2D eigenvalue weighted by atomic mass is 9.63. The van der Waals surface area contributed by atoms with Gasteiger partial charge in [0.2, 0.25) is 5.95 Å². The van der Waals surface area contributed by atoms with Gasteiger partial charge in [-0.3, -0.25) is 0 Å². The van der Waals surface area contributed by atoms with Crippen molar-refractivity contribution in [3.8, 4) is 11.3 Å². The van der Waals surface area contributed by atoms with Crippen LogP contribution in [-0.4, -0.2) is 32.8 Å². The van der Waals surface area contributed by atoms with Crippen molar-refractivity contribution in [3.05, 3.63) is 71.8 Å². The third kappa shape index (κ3) is 3.51. The Morgan fingerprint density at radius 2 is 1.81 bits per heavy atom. The van der Waals surface area contributed by atoms with Gasteiger partial charge in [-0.2, -0.15) is 13.2 Å². The highest BCUT2D eigenvalue weighted by Crippen LogP contribution is 2.56. The fraction of sp³-hybridized carbons (Fsp3) is 0.370. The van der Waals surface area contributed by atoms with Crippen LogP contribution in [0.2, 0.25) is 0 Å². The van der Waals surface area contributed by atoms with Gasteiger partial charge in [-0.1, -0.05) is 29.4 Å². The molecule has 2 fully saturated rings. The first-order valence-corrected chi connectivity index (χ1v) is 12.3. The van der Waals surface area contributed by atoms with Crippen LogP contribution in [0.1, 0.15) is 54.9 Å². The van der Waals surface area contributed by atoms with Gasteiger partial charge in [-0.05, 0) is 61.3 Å². The van der Waals surface area contributed by atoms with Crippen LogP contribution in [-0.2, 0) is 6.18 Å². The minimum absolute atomic E-state index is 0.0439. The molecule has 36 heavy (non-hydrogen) atoms. The monoisotopic (exact) mass is 491 g/mol. The quantitative estimate of drug-likeness (QED) is 0.333. The Balaban J connectivity index is 1.17. The van der Waals surface area contributed by atoms with Crippen LogP contribution in [0.25, 0.3) is 22.3 Å². The van der Waals surface area contributed by atoms with Gasteiger partial charge in [-0.15, -0.1) is 5.10 Å². The molecule has 1 saturated carbocycles. The van der Waals surface area contributed by atoms with Crippen LogP contribution in [0.4, 0.5) is 19.1 Å². The fourth-order valence-corrected chi connectivity index (χ4v) is 5.68. The SMILES string of the molecule is FC(F)(F)c1ccccc1-c1noc(C2CC2)c1C1=CC2(CCN(c3ncc4cccn4n3)CC2)C1. The van der Waals surface area contributed by atoms with E-state index in [0.29, 0.717) is 5.69 Å². The predicted octanol–water partition coefficient (Wildman–Crippen LogP) is 6.35. The largest absolute Gasteiger partial charge is 0.417 e. The van der Waals surface area contributed by atoms with Crippen molar-refractivity contribution < 1.29 is 17.7 Å². The van der Waals surface area contributed by atoms with Crippen molar-refractivity contribution >= 4 is 17.0 Å². The molecule has 3 aliphatic rings. The number of anilines is 1. The molecule has 0 amide bonds. The normalized spacial score (nSPS) is 19.5. The molecular formula is C27H24F3N5O. The van der Waals surface area contributed by atoms with E-state index < -0.39 is 11.7 Å². The minimum Gasteiger partial charge on any atom is -0.360 e. The second kappa shape index (κ2) is 7.69. The first-order valence-electron chi connectivity index (χ1n) is 12.3. The van der Waals surface area contributed by atoms with E-state index in [1.54, 1.807) is 6.07 Å². The molecule has 0 N–H and O–H groups in total. The maximum Gasteiger partial charge on any atom is 0.417 e. The van der Waals surface area contributed by atoms with E-state index in [1.807, 2.05) is 29.0 Å². The van der Waals surface area contributed by atoms with E-state index in [0.717, 1.165) is 79.6 Å². The molecule has 0 atom stereocenters. The molecule has 9 heteroatoms. The van der Waals surface area contributed by atoms with E-state index in [2.05, 4.69) is 26.2 Å². The molecule has 7 rings (SSSR count). The number of hydrogen-bond donors (Lipinski definition) is 0. The van der Waals surface area contributed by atoms with Gasteiger partial charge >= 0.3 is 6.18 Å². The molecule has 6 nitrogen and oxygen atoms in total. The van der Waals surface area contributed by atoms with Crippen molar-refractivity contribution in [3.63, 3.8) is 0 Å². The van der Waals surface area contributed by atoms with Gasteiger partial charge < -0.3 is 9.42 Å². The molecule has 4 aromatic rings. The minimum atomic E-state index is -4.46. The highest BCUT2D eigenvalue weighted by atomic mass is 19.4. The number of alkyl halides is 3. The number of fused-ring (bicyclic) bond motifs is 1. The van der Waals surface area contributed by atoms with Crippen LogP contribution in [0.5, 0.6) is 0 Å². The van der Waals surface area contributed by atoms with Crippen LogP contribution in [0.15, 0.2) is 59.4 Å². The topological polar surface area (TPSA) is 59.5 Å². The van der Waals surface area contributed by atoms with Crippen LogP contribution in [0.3, 0.4) is 0 Å². The van der Waals surface area contributed by atoms with Gasteiger partial charge in [-0.25, -0.2) is 9.50 Å². The van der Waals surface area contributed by atoms with Gasteiger partial charge in [0.05, 0.1) is 17.3 Å². The molecule has 1 saturated heterocycles. The summed E-state index contributed by atoms with van der Waals surface area (Å²) in [5, 5.41) is 8.81. The molecular weight excluding hydrogens is 467 g/mol. The highest BCUT2D eigenvalue weighted by Gasteiger charge is 2.45. The summed E-state index contributed by atoms with van der Waals surface area (Å²) in [6, 6.07) is 9.57. The first kappa shape index (κ1) is 21.6. The van der Waals surface area contributed by atoms with Crippen molar-refractivity contribution in [1.29, 1.82) is 0 Å². The van der Waals surface area contributed by atoms with Gasteiger partial charge in [0, 0.05) is 36.3 Å². The average Bonchev–Trinajstić information content (AvgIpc) is 3.43. The Labute approximate surface area is 205 Å². The van der Waals surface area contributed by atoms with Crippen molar-refractivity contribution in [2.75, 3.05) is 18.0 Å². The van der Waals surface area contributed by atoms with Crippen molar-refractivity contribution in [2.45, 2.75) is 44.2 Å².